The summed E-state index contributed by atoms with van der Waals surface area (Å²) in [4.78, 5) is 52.4. The molecule has 1 aliphatic carbocycles. The number of nitrogens with one attached hydrogen (secondary N) is 2. The van der Waals surface area contributed by atoms with Crippen LogP contribution in [0, 0.1) is 13.8 Å². The van der Waals surface area contributed by atoms with Crippen LogP contribution in [0.5, 0.6) is 11.5 Å². The zero-order valence-electron chi connectivity index (χ0n) is 30.1. The van der Waals surface area contributed by atoms with E-state index in [9.17, 15) is 23.2 Å². The maximum atomic E-state index is 13.5. The second-order valence-corrected chi connectivity index (χ2v) is 14.1. The minimum atomic E-state index is -3.01. The number of hydrogen-bond acceptors (Lipinski definition) is 9. The summed E-state index contributed by atoms with van der Waals surface area (Å²) in [6.45, 7) is 9.88. The third-order valence-corrected chi connectivity index (χ3v) is 8.77. The molecule has 0 bridgehead atoms. The van der Waals surface area contributed by atoms with Crippen molar-refractivity contribution in [2.75, 3.05) is 38.5 Å². The number of anilines is 1. The van der Waals surface area contributed by atoms with Gasteiger partial charge in [-0.1, -0.05) is 6.07 Å². The van der Waals surface area contributed by atoms with Gasteiger partial charge in [-0.15, -0.1) is 0 Å². The van der Waals surface area contributed by atoms with Gasteiger partial charge in [0.05, 0.1) is 17.5 Å². The van der Waals surface area contributed by atoms with Crippen LogP contribution in [0.25, 0.3) is 0 Å². The van der Waals surface area contributed by atoms with Gasteiger partial charge in [-0.25, -0.2) is 9.78 Å². The van der Waals surface area contributed by atoms with Gasteiger partial charge in [0.1, 0.15) is 22.9 Å². The second kappa shape index (κ2) is 15.6. The summed E-state index contributed by atoms with van der Waals surface area (Å²) in [5.74, 6) is -0.192. The Labute approximate surface area is 296 Å². The number of amides is 3. The number of halogens is 2. The van der Waals surface area contributed by atoms with E-state index in [1.165, 1.54) is 24.7 Å². The SMILES string of the molecule is CNC(=O)c1cc(C(=O)Nc2ncc(OC(F)F)cc2C)c(C)cc1O[C@H](CN1CCN(C(=O)OC(C)(C)C)[C@H](C)C1)c1ccc(C2CC2)cn1. The normalized spacial score (nSPS) is 17.1. The molecule has 1 saturated carbocycles. The van der Waals surface area contributed by atoms with Crippen molar-refractivity contribution in [2.45, 2.75) is 84.7 Å². The fourth-order valence-corrected chi connectivity index (χ4v) is 5.99. The molecule has 1 aliphatic heterocycles. The molecule has 2 atom stereocenters. The first kappa shape index (κ1) is 37.4. The van der Waals surface area contributed by atoms with Crippen LogP contribution in [0.4, 0.5) is 19.4 Å². The summed E-state index contributed by atoms with van der Waals surface area (Å²) in [7, 11) is 1.49. The lowest BCUT2D eigenvalue weighted by molar-refractivity contribution is -0.0501. The van der Waals surface area contributed by atoms with Gasteiger partial charge in [-0.05, 0) is 101 Å². The lowest BCUT2D eigenvalue weighted by Gasteiger charge is -2.41. The number of piperazine rings is 1. The third-order valence-electron chi connectivity index (χ3n) is 8.77. The van der Waals surface area contributed by atoms with Crippen LogP contribution >= 0.6 is 0 Å². The molecular formula is C37H46F2N6O6. The van der Waals surface area contributed by atoms with Gasteiger partial charge in [0, 0.05) is 51.0 Å². The molecule has 3 aromatic rings. The number of hydrogen-bond donors (Lipinski definition) is 2. The Balaban J connectivity index is 1.40. The quantitative estimate of drug-likeness (QED) is 0.237. The molecule has 2 fully saturated rings. The van der Waals surface area contributed by atoms with Crippen molar-refractivity contribution in [3.63, 3.8) is 0 Å². The zero-order chi connectivity index (χ0) is 37.0. The van der Waals surface area contributed by atoms with Crippen molar-refractivity contribution < 1.29 is 37.4 Å². The number of nitrogens with zero attached hydrogens (tertiary/aromatic N) is 4. The predicted molar refractivity (Wildman–Crippen MR) is 187 cm³/mol. The van der Waals surface area contributed by atoms with E-state index in [0.29, 0.717) is 48.9 Å². The number of pyridine rings is 2. The van der Waals surface area contributed by atoms with Crippen LogP contribution < -0.4 is 20.1 Å². The van der Waals surface area contributed by atoms with Gasteiger partial charge in [0.2, 0.25) is 0 Å². The molecule has 51 heavy (non-hydrogen) atoms. The molecule has 2 aromatic heterocycles. The Bertz CT molecular complexity index is 1740. The summed E-state index contributed by atoms with van der Waals surface area (Å²) in [6, 6.07) is 8.36. The molecule has 0 radical (unpaired) electrons. The fraction of sp³-hybridized carbons (Fsp3) is 0.486. The Kier molecular flexibility index (Phi) is 11.4. The number of ether oxygens (including phenoxy) is 3. The molecule has 14 heteroatoms. The molecule has 3 heterocycles. The maximum absolute atomic E-state index is 13.5. The molecule has 5 rings (SSSR count). The van der Waals surface area contributed by atoms with Gasteiger partial charge in [-0.2, -0.15) is 8.78 Å². The maximum Gasteiger partial charge on any atom is 0.410 e. The van der Waals surface area contributed by atoms with Crippen molar-refractivity contribution in [2.24, 2.45) is 0 Å². The largest absolute Gasteiger partial charge is 0.482 e. The van der Waals surface area contributed by atoms with E-state index in [0.717, 1.165) is 19.0 Å². The van der Waals surface area contributed by atoms with Crippen LogP contribution in [0.15, 0.2) is 42.7 Å². The number of carbonyl (C=O) groups excluding carboxylic acids is 3. The molecule has 0 spiro atoms. The first-order chi connectivity index (χ1) is 24.1. The highest BCUT2D eigenvalue weighted by Gasteiger charge is 2.33. The van der Waals surface area contributed by atoms with Gasteiger partial charge in [0.25, 0.3) is 11.8 Å². The smallest absolute Gasteiger partial charge is 0.410 e. The van der Waals surface area contributed by atoms with Gasteiger partial charge >= 0.3 is 12.7 Å². The molecule has 2 N–H and O–H groups in total. The van der Waals surface area contributed by atoms with Crippen LogP contribution in [0.3, 0.4) is 0 Å². The molecule has 1 saturated heterocycles. The van der Waals surface area contributed by atoms with E-state index in [2.05, 4.69) is 31.3 Å². The minimum Gasteiger partial charge on any atom is -0.482 e. The van der Waals surface area contributed by atoms with Crippen molar-refractivity contribution in [3.05, 3.63) is 76.2 Å². The summed E-state index contributed by atoms with van der Waals surface area (Å²) < 4.78 is 42.0. The predicted octanol–water partition coefficient (Wildman–Crippen LogP) is 6.25. The molecule has 2 aliphatic rings. The first-order valence-electron chi connectivity index (χ1n) is 17.1. The highest BCUT2D eigenvalue weighted by atomic mass is 19.3. The Morgan fingerprint density at radius 2 is 1.71 bits per heavy atom. The summed E-state index contributed by atoms with van der Waals surface area (Å²) in [5.41, 5.74) is 2.54. The van der Waals surface area contributed by atoms with E-state index >= 15 is 0 Å². The summed E-state index contributed by atoms with van der Waals surface area (Å²) in [6.07, 6.45) is 4.32. The van der Waals surface area contributed by atoms with Crippen molar-refractivity contribution in [3.8, 4) is 11.5 Å². The number of alkyl halides is 2. The molecule has 3 amide bonds. The average Bonchev–Trinajstić information content (AvgIpc) is 3.90. The second-order valence-electron chi connectivity index (χ2n) is 14.1. The van der Waals surface area contributed by atoms with E-state index in [1.807, 2.05) is 40.0 Å². The lowest BCUT2D eigenvalue weighted by Crippen LogP contribution is -2.55. The molecule has 0 unspecified atom stereocenters. The number of carbonyl (C=O) groups is 3. The Hall–Kier alpha value is -4.85. The molecule has 274 valence electrons. The highest BCUT2D eigenvalue weighted by molar-refractivity contribution is 6.07. The van der Waals surface area contributed by atoms with E-state index in [1.54, 1.807) is 24.8 Å². The molecular weight excluding hydrogens is 662 g/mol. The van der Waals surface area contributed by atoms with Gasteiger partial charge < -0.3 is 29.7 Å². The summed E-state index contributed by atoms with van der Waals surface area (Å²) >= 11 is 0. The highest BCUT2D eigenvalue weighted by Crippen LogP contribution is 2.40. The van der Waals surface area contributed by atoms with Crippen molar-refractivity contribution in [1.29, 1.82) is 0 Å². The number of aryl methyl sites for hydroxylation is 2. The molecule has 1 aromatic carbocycles. The van der Waals surface area contributed by atoms with E-state index in [4.69, 9.17) is 14.5 Å². The first-order valence-corrected chi connectivity index (χ1v) is 17.1. The van der Waals surface area contributed by atoms with Gasteiger partial charge in [0.15, 0.2) is 6.10 Å². The van der Waals surface area contributed by atoms with Crippen LogP contribution in [-0.2, 0) is 4.74 Å². The number of rotatable bonds is 11. The van der Waals surface area contributed by atoms with Crippen molar-refractivity contribution >= 4 is 23.7 Å². The van der Waals surface area contributed by atoms with Crippen LogP contribution in [0.1, 0.15) is 95.7 Å². The van der Waals surface area contributed by atoms with E-state index in [-0.39, 0.29) is 40.6 Å². The average molecular weight is 709 g/mol. The standard InChI is InChI=1S/C37H46F2N6O6/c1-21-15-30(28(33(46)40-7)16-27(21)34(47)43-32-22(2)14-26(18-42-32)49-35(38)39)50-31(29-11-10-25(17-41-29)24-8-9-24)20-44-12-13-45(23(3)19-44)36(48)51-37(4,5)6/h10-11,14-18,23-24,31,35H,8-9,12-13,19-20H2,1-7H3,(H,40,46)(H,42,43,47)/t23-,31-/m1/s1. The van der Waals surface area contributed by atoms with Gasteiger partial charge in [-0.3, -0.25) is 19.5 Å². The third kappa shape index (κ3) is 9.69. The Morgan fingerprint density at radius 3 is 2.29 bits per heavy atom. The summed E-state index contributed by atoms with van der Waals surface area (Å²) in [5, 5.41) is 5.33. The Morgan fingerprint density at radius 1 is 0.961 bits per heavy atom. The fourth-order valence-electron chi connectivity index (χ4n) is 5.99. The van der Waals surface area contributed by atoms with Crippen LogP contribution in [0.2, 0.25) is 0 Å². The van der Waals surface area contributed by atoms with E-state index < -0.39 is 30.1 Å². The minimum absolute atomic E-state index is 0.118. The number of benzene rings is 1. The molecule has 12 nitrogen and oxygen atoms in total. The topological polar surface area (TPSA) is 135 Å². The van der Waals surface area contributed by atoms with Crippen molar-refractivity contribution in [1.82, 2.24) is 25.1 Å². The number of aromatic nitrogens is 2. The zero-order valence-corrected chi connectivity index (χ0v) is 30.1. The monoisotopic (exact) mass is 708 g/mol. The van der Waals surface area contributed by atoms with Crippen LogP contribution in [-0.4, -0.2) is 89.2 Å². The lowest BCUT2D eigenvalue weighted by atomic mass is 10.0.